The zero-order valence-corrected chi connectivity index (χ0v) is 18.8. The third-order valence-electron chi connectivity index (χ3n) is 5.91. The normalized spacial score (nSPS) is 14.0. The van der Waals surface area contributed by atoms with Crippen molar-refractivity contribution in [3.05, 3.63) is 46.9 Å². The molecule has 2 aromatic rings. The van der Waals surface area contributed by atoms with Crippen molar-refractivity contribution in [3.63, 3.8) is 0 Å². The Bertz CT molecular complexity index is 1330. The van der Waals surface area contributed by atoms with Crippen LogP contribution in [0.15, 0.2) is 41.2 Å². The maximum absolute atomic E-state index is 11.8. The van der Waals surface area contributed by atoms with Gasteiger partial charge in [0.15, 0.2) is 11.5 Å². The summed E-state index contributed by atoms with van der Waals surface area (Å²) in [5, 5.41) is 4.04. The van der Waals surface area contributed by atoms with E-state index in [2.05, 4.69) is 25.1 Å². The number of rotatable bonds is 5. The number of aromatic amines is 1. The van der Waals surface area contributed by atoms with Crippen LogP contribution < -0.4 is 30.3 Å². The first kappa shape index (κ1) is 20.8. The van der Waals surface area contributed by atoms with Crippen LogP contribution in [0.25, 0.3) is 22.3 Å². The lowest BCUT2D eigenvalue weighted by atomic mass is 10.2. The van der Waals surface area contributed by atoms with Gasteiger partial charge in [-0.05, 0) is 18.2 Å². The summed E-state index contributed by atoms with van der Waals surface area (Å²) in [5.74, 6) is 2.64. The van der Waals surface area contributed by atoms with E-state index in [9.17, 15) is 4.79 Å². The molecule has 10 heteroatoms. The first-order valence-corrected chi connectivity index (χ1v) is 10.7. The summed E-state index contributed by atoms with van der Waals surface area (Å²) in [7, 11) is 5.06. The monoisotopic (exact) mass is 447 g/mol. The van der Waals surface area contributed by atoms with Crippen molar-refractivity contribution >= 4 is 28.4 Å². The minimum atomic E-state index is -0.327. The second kappa shape index (κ2) is 8.45. The number of aromatic nitrogens is 4. The van der Waals surface area contributed by atoms with E-state index in [1.54, 1.807) is 14.2 Å². The van der Waals surface area contributed by atoms with Gasteiger partial charge < -0.3 is 29.6 Å². The molecule has 1 saturated heterocycles. The van der Waals surface area contributed by atoms with E-state index in [4.69, 9.17) is 19.4 Å². The lowest BCUT2D eigenvalue weighted by molar-refractivity contribution is 0.356. The highest BCUT2D eigenvalue weighted by atomic mass is 16.5. The van der Waals surface area contributed by atoms with E-state index in [1.165, 1.54) is 0 Å². The Morgan fingerprint density at radius 3 is 2.36 bits per heavy atom. The third kappa shape index (κ3) is 3.73. The molecule has 1 aromatic heterocycles. The van der Waals surface area contributed by atoms with E-state index in [-0.39, 0.29) is 5.69 Å². The maximum Gasteiger partial charge on any atom is 0.346 e. The fraction of sp³-hybridized carbons (Fsp3) is 0.304. The van der Waals surface area contributed by atoms with Gasteiger partial charge in [-0.15, -0.1) is 0 Å². The number of nitrogens with zero attached hydrogens (tertiary/aromatic N) is 5. The molecule has 1 aromatic carbocycles. The molecule has 0 saturated carbocycles. The minimum Gasteiger partial charge on any atom is -0.493 e. The van der Waals surface area contributed by atoms with Crippen molar-refractivity contribution in [1.82, 2.24) is 19.9 Å². The highest BCUT2D eigenvalue weighted by molar-refractivity contribution is 5.92. The van der Waals surface area contributed by atoms with Crippen LogP contribution in [0.1, 0.15) is 0 Å². The smallest absolute Gasteiger partial charge is 0.346 e. The number of H-pyrrole nitrogens is 1. The molecule has 0 atom stereocenters. The first-order chi connectivity index (χ1) is 16.1. The summed E-state index contributed by atoms with van der Waals surface area (Å²) < 4.78 is 10.9. The van der Waals surface area contributed by atoms with Crippen LogP contribution in [-0.2, 0) is 0 Å². The molecule has 2 N–H and O–H groups in total. The van der Waals surface area contributed by atoms with Crippen molar-refractivity contribution < 1.29 is 9.47 Å². The Hall–Kier alpha value is -4.08. The molecular formula is C23H25N7O3. The molecule has 3 aliphatic rings. The average molecular weight is 447 g/mol. The maximum atomic E-state index is 11.8. The summed E-state index contributed by atoms with van der Waals surface area (Å²) in [6, 6.07) is 11.5. The molecule has 0 bridgehead atoms. The molecule has 170 valence electrons. The summed E-state index contributed by atoms with van der Waals surface area (Å²) in [5.41, 5.74) is 2.83. The molecule has 5 rings (SSSR count). The number of imidazole rings is 1. The zero-order chi connectivity index (χ0) is 22.9. The highest BCUT2D eigenvalue weighted by Crippen LogP contribution is 2.35. The van der Waals surface area contributed by atoms with Crippen LogP contribution >= 0.6 is 0 Å². The second-order valence-corrected chi connectivity index (χ2v) is 7.73. The third-order valence-corrected chi connectivity index (χ3v) is 5.91. The van der Waals surface area contributed by atoms with Crippen LogP contribution in [-0.4, -0.2) is 67.4 Å². The second-order valence-electron chi connectivity index (χ2n) is 7.73. The average Bonchev–Trinajstić information content (AvgIpc) is 3.11. The van der Waals surface area contributed by atoms with Crippen molar-refractivity contribution in [2.45, 2.75) is 0 Å². The number of nitrogens with one attached hydrogen (secondary N) is 2. The van der Waals surface area contributed by atoms with Crippen LogP contribution in [0.4, 0.5) is 17.5 Å². The van der Waals surface area contributed by atoms with Gasteiger partial charge in [0.2, 0.25) is 5.95 Å². The number of benzene rings is 1. The topological polar surface area (TPSA) is 109 Å². The number of hydrogen-bond acceptors (Lipinski definition) is 9. The highest BCUT2D eigenvalue weighted by Gasteiger charge is 2.24. The van der Waals surface area contributed by atoms with Crippen molar-refractivity contribution in [2.24, 2.45) is 0 Å². The Morgan fingerprint density at radius 1 is 0.939 bits per heavy atom. The van der Waals surface area contributed by atoms with Gasteiger partial charge in [-0.3, -0.25) is 0 Å². The predicted molar refractivity (Wildman–Crippen MR) is 128 cm³/mol. The molecule has 1 fully saturated rings. The predicted octanol–water partition coefficient (Wildman–Crippen LogP) is 2.20. The van der Waals surface area contributed by atoms with Crippen LogP contribution in [0.5, 0.6) is 11.5 Å². The Labute approximate surface area is 190 Å². The van der Waals surface area contributed by atoms with E-state index in [0.29, 0.717) is 23.1 Å². The Morgan fingerprint density at radius 2 is 1.64 bits per heavy atom. The van der Waals surface area contributed by atoms with Crippen LogP contribution in [0.3, 0.4) is 0 Å². The SMILES string of the molecule is CNc1nc(N2CCN(c3ccccc4[nH]c(=O)nc3-4)CC2)nc2cc(OC)c(OC)cc12. The standard InChI is InChI=1S/C23H25N7O3/c1-24-21-14-12-18(32-2)19(33-3)13-16(14)25-22(28-21)30-10-8-29(9-11-30)17-7-5-4-6-15-20(17)27-23(31)26-15/h4-7,12-13H,8-11H2,1-3H3,(H,24,25,28)(H,26,27,31). The number of hydrogen-bond donors (Lipinski definition) is 2. The fourth-order valence-electron chi connectivity index (χ4n) is 4.24. The summed E-state index contributed by atoms with van der Waals surface area (Å²) in [6.07, 6.45) is 0. The number of anilines is 3. The van der Waals surface area contributed by atoms with Crippen molar-refractivity contribution in [3.8, 4) is 22.9 Å². The molecule has 33 heavy (non-hydrogen) atoms. The minimum absolute atomic E-state index is 0.327. The first-order valence-electron chi connectivity index (χ1n) is 10.7. The summed E-state index contributed by atoms with van der Waals surface area (Å²) in [6.45, 7) is 2.97. The summed E-state index contributed by atoms with van der Waals surface area (Å²) in [4.78, 5) is 32.7. The van der Waals surface area contributed by atoms with Gasteiger partial charge in [-0.25, -0.2) is 9.78 Å². The van der Waals surface area contributed by atoms with Gasteiger partial charge in [0.1, 0.15) is 11.5 Å². The number of fused-ring (bicyclic) bond motifs is 2. The molecule has 0 unspecified atom stereocenters. The quantitative estimate of drug-likeness (QED) is 0.476. The molecule has 2 aliphatic heterocycles. The zero-order valence-electron chi connectivity index (χ0n) is 18.8. The number of methoxy groups -OCH3 is 2. The molecule has 0 radical (unpaired) electrons. The lowest BCUT2D eigenvalue weighted by Crippen LogP contribution is -2.47. The van der Waals surface area contributed by atoms with E-state index in [0.717, 1.165) is 54.3 Å². The van der Waals surface area contributed by atoms with E-state index in [1.807, 2.05) is 43.4 Å². The van der Waals surface area contributed by atoms with E-state index < -0.39 is 0 Å². The molecule has 3 heterocycles. The van der Waals surface area contributed by atoms with Crippen LogP contribution in [0.2, 0.25) is 0 Å². The van der Waals surface area contributed by atoms with Gasteiger partial charge in [-0.2, -0.15) is 9.97 Å². The van der Waals surface area contributed by atoms with Gasteiger partial charge in [0.05, 0.1) is 31.1 Å². The van der Waals surface area contributed by atoms with Crippen LogP contribution in [0, 0.1) is 0 Å². The largest absolute Gasteiger partial charge is 0.493 e. The molecule has 0 amide bonds. The van der Waals surface area contributed by atoms with Crippen molar-refractivity contribution in [2.75, 3.05) is 62.6 Å². The Kier molecular flexibility index (Phi) is 5.33. The fourth-order valence-corrected chi connectivity index (χ4v) is 4.24. The lowest BCUT2D eigenvalue weighted by Gasteiger charge is -2.36. The van der Waals surface area contributed by atoms with E-state index >= 15 is 0 Å². The number of piperazine rings is 1. The number of ether oxygens (including phenoxy) is 2. The molecular weight excluding hydrogens is 422 g/mol. The van der Waals surface area contributed by atoms with Gasteiger partial charge >= 0.3 is 5.69 Å². The van der Waals surface area contributed by atoms with Gasteiger partial charge in [0.25, 0.3) is 0 Å². The molecule has 10 nitrogen and oxygen atoms in total. The van der Waals surface area contributed by atoms with Crippen molar-refractivity contribution in [1.29, 1.82) is 0 Å². The summed E-state index contributed by atoms with van der Waals surface area (Å²) >= 11 is 0. The Balaban J connectivity index is 1.43. The molecule has 0 spiro atoms. The molecule has 1 aliphatic carbocycles. The van der Waals surface area contributed by atoms with Gasteiger partial charge in [0, 0.05) is 44.7 Å². The van der Waals surface area contributed by atoms with Gasteiger partial charge in [-0.1, -0.05) is 12.1 Å².